The molecule has 1 fully saturated rings. The van der Waals surface area contributed by atoms with Crippen LogP contribution in [0.15, 0.2) is 82.3 Å². The van der Waals surface area contributed by atoms with Crippen LogP contribution in [0.2, 0.25) is 0 Å². The fourth-order valence-corrected chi connectivity index (χ4v) is 6.13. The van der Waals surface area contributed by atoms with Crippen molar-refractivity contribution in [2.45, 2.75) is 43.3 Å². The molecule has 1 amide bonds. The molecule has 210 valence electrons. The first-order valence-electron chi connectivity index (χ1n) is 12.4. The Morgan fingerprint density at radius 3 is 2.55 bits per heavy atom. The van der Waals surface area contributed by atoms with Crippen molar-refractivity contribution in [2.75, 3.05) is 6.54 Å². The number of nitrogens with zero attached hydrogens (tertiary/aromatic N) is 1. The second kappa shape index (κ2) is 10.9. The Kier molecular flexibility index (Phi) is 7.56. The maximum absolute atomic E-state index is 13.5. The maximum atomic E-state index is 13.5. The van der Waals surface area contributed by atoms with Crippen LogP contribution in [0, 0.1) is 5.82 Å². The zero-order valence-electron chi connectivity index (χ0n) is 20.9. The second-order valence-electron chi connectivity index (χ2n) is 9.37. The van der Waals surface area contributed by atoms with Gasteiger partial charge in [0.25, 0.3) is 10.0 Å². The molecule has 0 aliphatic carbocycles. The number of fused-ring (bicyclic) bond motifs is 1. The average molecular weight is 577 g/mol. The summed E-state index contributed by atoms with van der Waals surface area (Å²) < 4.78 is 90.5. The Morgan fingerprint density at radius 1 is 1.02 bits per heavy atom. The van der Waals surface area contributed by atoms with Crippen molar-refractivity contribution in [1.82, 2.24) is 9.62 Å². The van der Waals surface area contributed by atoms with Gasteiger partial charge >= 0.3 is 6.18 Å². The number of hydrogen-bond acceptors (Lipinski definition) is 5. The van der Waals surface area contributed by atoms with Gasteiger partial charge in [-0.2, -0.15) is 17.5 Å². The van der Waals surface area contributed by atoms with Gasteiger partial charge in [-0.25, -0.2) is 12.8 Å². The number of benzene rings is 3. The third kappa shape index (κ3) is 5.97. The lowest BCUT2D eigenvalue weighted by molar-refractivity contribution is -0.137. The molecule has 0 bridgehead atoms. The molecule has 1 N–H and O–H groups in total. The number of carbonyl (C=O) groups excluding carboxylic acids is 1. The van der Waals surface area contributed by atoms with E-state index in [1.807, 2.05) is 0 Å². The minimum atomic E-state index is -4.41. The summed E-state index contributed by atoms with van der Waals surface area (Å²) >= 11 is 0. The van der Waals surface area contributed by atoms with Gasteiger partial charge in [-0.1, -0.05) is 24.3 Å². The number of nitrogens with one attached hydrogen (secondary N) is 1. The summed E-state index contributed by atoms with van der Waals surface area (Å²) in [5, 5.41) is 2.84. The summed E-state index contributed by atoms with van der Waals surface area (Å²) in [6.07, 6.45) is -3.60. The highest BCUT2D eigenvalue weighted by atomic mass is 32.2. The third-order valence-electron chi connectivity index (χ3n) is 6.58. The predicted octanol–water partition coefficient (Wildman–Crippen LogP) is 5.64. The second-order valence-corrected chi connectivity index (χ2v) is 11.2. The number of rotatable bonds is 8. The number of furan rings is 1. The first-order chi connectivity index (χ1) is 19.0. The SMILES string of the molecule is O=C(NCc1cccc(OCc2ccc(C(F)(F)F)cc2)c1)[C@@H]1CCCN1S(=O)(=O)c1cc2ccc(F)cc2o1. The Labute approximate surface area is 227 Å². The van der Waals surface area contributed by atoms with Gasteiger partial charge in [0.15, 0.2) is 0 Å². The number of hydrogen-bond donors (Lipinski definition) is 1. The van der Waals surface area contributed by atoms with Crippen LogP contribution in [-0.2, 0) is 34.1 Å². The lowest BCUT2D eigenvalue weighted by Gasteiger charge is -2.22. The molecule has 7 nitrogen and oxygen atoms in total. The van der Waals surface area contributed by atoms with Crippen molar-refractivity contribution < 1.29 is 39.9 Å². The number of alkyl halides is 3. The highest BCUT2D eigenvalue weighted by Gasteiger charge is 2.41. The Hall–Kier alpha value is -3.90. The first-order valence-corrected chi connectivity index (χ1v) is 13.8. The Morgan fingerprint density at radius 2 is 1.80 bits per heavy atom. The molecular weight excluding hydrogens is 552 g/mol. The van der Waals surface area contributed by atoms with E-state index in [-0.39, 0.29) is 30.4 Å². The van der Waals surface area contributed by atoms with Crippen molar-refractivity contribution >= 4 is 26.9 Å². The molecule has 12 heteroatoms. The van der Waals surface area contributed by atoms with Crippen LogP contribution in [0.3, 0.4) is 0 Å². The highest BCUT2D eigenvalue weighted by molar-refractivity contribution is 7.89. The van der Waals surface area contributed by atoms with E-state index >= 15 is 0 Å². The molecule has 1 aliphatic rings. The van der Waals surface area contributed by atoms with E-state index in [9.17, 15) is 30.8 Å². The van der Waals surface area contributed by atoms with Crippen LogP contribution < -0.4 is 10.1 Å². The quantitative estimate of drug-likeness (QED) is 0.275. The summed E-state index contributed by atoms with van der Waals surface area (Å²) in [5.41, 5.74) is 0.601. The highest BCUT2D eigenvalue weighted by Crippen LogP contribution is 2.31. The van der Waals surface area contributed by atoms with E-state index in [4.69, 9.17) is 9.15 Å². The predicted molar refractivity (Wildman–Crippen MR) is 137 cm³/mol. The van der Waals surface area contributed by atoms with E-state index in [0.29, 0.717) is 35.1 Å². The summed E-state index contributed by atoms with van der Waals surface area (Å²) in [6, 6.07) is 15.6. The van der Waals surface area contributed by atoms with Gasteiger partial charge in [0.05, 0.1) is 5.56 Å². The summed E-state index contributed by atoms with van der Waals surface area (Å²) in [6.45, 7) is 0.293. The van der Waals surface area contributed by atoms with Gasteiger partial charge < -0.3 is 14.5 Å². The molecule has 1 aliphatic heterocycles. The van der Waals surface area contributed by atoms with Gasteiger partial charge in [0.1, 0.15) is 29.8 Å². The van der Waals surface area contributed by atoms with E-state index in [0.717, 1.165) is 22.5 Å². The topological polar surface area (TPSA) is 88.9 Å². The third-order valence-corrected chi connectivity index (χ3v) is 8.34. The lowest BCUT2D eigenvalue weighted by Crippen LogP contribution is -2.45. The normalized spacial score (nSPS) is 16.4. The van der Waals surface area contributed by atoms with Crippen LogP contribution >= 0.6 is 0 Å². The monoisotopic (exact) mass is 576 g/mol. The molecule has 0 saturated carbocycles. The lowest BCUT2D eigenvalue weighted by atomic mass is 10.1. The van der Waals surface area contributed by atoms with E-state index in [1.165, 1.54) is 30.3 Å². The zero-order chi connectivity index (χ0) is 28.5. The Bertz CT molecular complexity index is 1630. The smallest absolute Gasteiger partial charge is 0.416 e. The molecule has 1 aromatic heterocycles. The van der Waals surface area contributed by atoms with E-state index in [1.54, 1.807) is 24.3 Å². The summed E-state index contributed by atoms with van der Waals surface area (Å²) in [7, 11) is -4.14. The molecule has 0 radical (unpaired) electrons. The van der Waals surface area contributed by atoms with Gasteiger partial charge in [-0.15, -0.1) is 0 Å². The first kappa shape index (κ1) is 27.7. The maximum Gasteiger partial charge on any atom is 0.416 e. The molecule has 2 heterocycles. The van der Waals surface area contributed by atoms with Crippen LogP contribution in [-0.4, -0.2) is 31.2 Å². The van der Waals surface area contributed by atoms with Gasteiger partial charge in [0.2, 0.25) is 11.0 Å². The molecular formula is C28H24F4N2O5S. The minimum Gasteiger partial charge on any atom is -0.489 e. The van der Waals surface area contributed by atoms with E-state index in [2.05, 4.69) is 5.32 Å². The van der Waals surface area contributed by atoms with Crippen molar-refractivity contribution in [3.63, 3.8) is 0 Å². The molecule has 0 unspecified atom stereocenters. The molecule has 5 rings (SSSR count). The van der Waals surface area contributed by atoms with Crippen LogP contribution in [0.5, 0.6) is 5.75 Å². The fourth-order valence-electron chi connectivity index (χ4n) is 4.52. The summed E-state index contributed by atoms with van der Waals surface area (Å²) in [4.78, 5) is 13.0. The standard InChI is InChI=1S/C28H24F4N2O5S/c29-22-11-8-20-14-26(39-25(20)15-22)40(36,37)34-12-2-5-24(34)27(35)33-16-19-3-1-4-23(13-19)38-17-18-6-9-21(10-7-18)28(30,31)32/h1,3-4,6-11,13-15,24H,2,5,12,16-17H2,(H,33,35)/t24-/m0/s1. The number of halogens is 4. The number of ether oxygens (including phenoxy) is 1. The van der Waals surface area contributed by atoms with Gasteiger partial charge in [0, 0.05) is 30.6 Å². The molecule has 1 saturated heterocycles. The van der Waals surface area contributed by atoms with Crippen LogP contribution in [0.4, 0.5) is 17.6 Å². The molecule has 40 heavy (non-hydrogen) atoms. The van der Waals surface area contributed by atoms with Crippen molar-refractivity contribution in [3.05, 3.63) is 95.3 Å². The number of carbonyl (C=O) groups is 1. The van der Waals surface area contributed by atoms with Crippen LogP contribution in [0.1, 0.15) is 29.5 Å². The van der Waals surface area contributed by atoms with Gasteiger partial charge in [-0.3, -0.25) is 4.79 Å². The molecule has 1 atom stereocenters. The minimum absolute atomic E-state index is 0.0529. The van der Waals surface area contributed by atoms with Gasteiger partial charge in [-0.05, 0) is 60.4 Å². The summed E-state index contributed by atoms with van der Waals surface area (Å²) in [5.74, 6) is -0.573. The van der Waals surface area contributed by atoms with Crippen molar-refractivity contribution in [1.29, 1.82) is 0 Å². The van der Waals surface area contributed by atoms with Crippen molar-refractivity contribution in [3.8, 4) is 5.75 Å². The number of sulfonamides is 1. The zero-order valence-corrected chi connectivity index (χ0v) is 21.8. The van der Waals surface area contributed by atoms with Crippen molar-refractivity contribution in [2.24, 2.45) is 0 Å². The van der Waals surface area contributed by atoms with E-state index < -0.39 is 39.5 Å². The largest absolute Gasteiger partial charge is 0.489 e. The fraction of sp³-hybridized carbons (Fsp3) is 0.250. The van der Waals surface area contributed by atoms with Crippen LogP contribution in [0.25, 0.3) is 11.0 Å². The molecule has 3 aromatic carbocycles. The number of amides is 1. The molecule has 4 aromatic rings. The Balaban J connectivity index is 1.20. The molecule has 0 spiro atoms. The average Bonchev–Trinajstić information content (AvgIpc) is 3.59.